The lowest BCUT2D eigenvalue weighted by Crippen LogP contribution is -1.94. The van der Waals surface area contributed by atoms with Crippen LogP contribution in [0.4, 0.5) is 0 Å². The van der Waals surface area contributed by atoms with Gasteiger partial charge in [0.05, 0.1) is 2.74 Å². The normalized spacial score (nSPS) is 12.2. The summed E-state index contributed by atoms with van der Waals surface area (Å²) in [5, 5.41) is 9.53. The molecule has 0 unspecified atom stereocenters. The van der Waals surface area contributed by atoms with Gasteiger partial charge in [0, 0.05) is 20.2 Å². The first-order valence-electron chi connectivity index (χ1n) is 17.7. The molecular weight excluding hydrogens is 609 g/mol. The third-order valence-electron chi connectivity index (χ3n) is 9.95. The van der Waals surface area contributed by atoms with Gasteiger partial charge in [-0.2, -0.15) is 0 Å². The molecule has 0 saturated heterocycles. The highest BCUT2D eigenvalue weighted by molar-refractivity contribution is 7.25. The van der Waals surface area contributed by atoms with Gasteiger partial charge in [-0.3, -0.25) is 0 Å². The zero-order valence-corrected chi connectivity index (χ0v) is 27.4. The van der Waals surface area contributed by atoms with Gasteiger partial charge in [-0.05, 0) is 95.0 Å². The van der Waals surface area contributed by atoms with Crippen LogP contribution in [0.3, 0.4) is 0 Å². The molecule has 49 heavy (non-hydrogen) atoms. The molecule has 0 fully saturated rings. The lowest BCUT2D eigenvalue weighted by Gasteiger charge is -2.21. The quantitative estimate of drug-likeness (QED) is 0.168. The fourth-order valence-corrected chi connectivity index (χ4v) is 8.95. The van der Waals surface area contributed by atoms with E-state index >= 15 is 0 Å². The van der Waals surface area contributed by atoms with E-state index in [1.165, 1.54) is 76.0 Å². The summed E-state index contributed by atoms with van der Waals surface area (Å²) in [5.74, 6) is 0. The fourth-order valence-electron chi connectivity index (χ4n) is 7.83. The fraction of sp³-hybridized carbons (Fsp3) is 0. The molecule has 0 amide bonds. The van der Waals surface area contributed by atoms with Crippen molar-refractivity contribution in [1.82, 2.24) is 0 Å². The van der Waals surface area contributed by atoms with Crippen molar-refractivity contribution in [3.63, 3.8) is 0 Å². The Bertz CT molecular complexity index is 2950. The Kier molecular flexibility index (Phi) is 6.00. The topological polar surface area (TPSA) is 0 Å². The van der Waals surface area contributed by atoms with Crippen LogP contribution in [-0.2, 0) is 0 Å². The minimum Gasteiger partial charge on any atom is -0.135 e. The molecule has 228 valence electrons. The van der Waals surface area contributed by atoms with E-state index < -0.39 is 0 Å². The molecule has 0 N–H and O–H groups in total. The van der Waals surface area contributed by atoms with E-state index in [-0.39, 0.29) is 0 Å². The van der Waals surface area contributed by atoms with Crippen molar-refractivity contribution in [2.75, 3.05) is 0 Å². The molecule has 9 aromatic carbocycles. The SMILES string of the molecule is [2H]c1ccc2cc(-c3ccccc3-c3c4ccccc4c(-c4ccccc4-c4cccc5sc6cc([2H])ccc6c45)c4ccccc34)ccc2c1. The summed E-state index contributed by atoms with van der Waals surface area (Å²) in [7, 11) is 0. The summed E-state index contributed by atoms with van der Waals surface area (Å²) >= 11 is 1.76. The molecule has 0 saturated carbocycles. The van der Waals surface area contributed by atoms with Crippen molar-refractivity contribution in [2.24, 2.45) is 0 Å². The molecule has 1 heterocycles. The van der Waals surface area contributed by atoms with Crippen molar-refractivity contribution in [3.8, 4) is 44.5 Å². The Morgan fingerprint density at radius 2 is 0.898 bits per heavy atom. The lowest BCUT2D eigenvalue weighted by molar-refractivity contribution is 1.62. The molecular formula is C48H30S. The summed E-state index contributed by atoms with van der Waals surface area (Å²) in [6.45, 7) is 0. The summed E-state index contributed by atoms with van der Waals surface area (Å²) in [4.78, 5) is 0. The molecule has 0 radical (unpaired) electrons. The summed E-state index contributed by atoms with van der Waals surface area (Å²) in [5.41, 5.74) is 9.63. The summed E-state index contributed by atoms with van der Waals surface area (Å²) < 4.78 is 18.7. The molecule has 0 spiro atoms. The molecule has 0 nitrogen and oxygen atoms in total. The second-order valence-electron chi connectivity index (χ2n) is 12.6. The Balaban J connectivity index is 1.26. The molecule has 0 aliphatic rings. The van der Waals surface area contributed by atoms with Crippen molar-refractivity contribution in [2.45, 2.75) is 0 Å². The first-order chi connectivity index (χ1) is 25.1. The Labute approximate surface area is 292 Å². The molecule has 10 aromatic rings. The first-order valence-corrected chi connectivity index (χ1v) is 17.5. The average molecular weight is 641 g/mol. The highest BCUT2D eigenvalue weighted by Gasteiger charge is 2.21. The number of thiophene rings is 1. The Hall–Kier alpha value is -6.02. The van der Waals surface area contributed by atoms with E-state index in [0.29, 0.717) is 12.1 Å². The van der Waals surface area contributed by atoms with E-state index in [1.807, 2.05) is 30.3 Å². The van der Waals surface area contributed by atoms with Crippen LogP contribution in [0.25, 0.3) is 97.0 Å². The van der Waals surface area contributed by atoms with Crippen LogP contribution in [-0.4, -0.2) is 0 Å². The van der Waals surface area contributed by atoms with Crippen LogP contribution < -0.4 is 0 Å². The summed E-state index contributed by atoms with van der Waals surface area (Å²) in [6.07, 6.45) is 0. The lowest BCUT2D eigenvalue weighted by atomic mass is 9.82. The summed E-state index contributed by atoms with van der Waals surface area (Å²) in [6, 6.07) is 61.5. The van der Waals surface area contributed by atoms with Gasteiger partial charge in [-0.15, -0.1) is 11.3 Å². The maximum atomic E-state index is 8.25. The molecule has 10 rings (SSSR count). The van der Waals surface area contributed by atoms with Crippen LogP contribution in [0, 0.1) is 0 Å². The average Bonchev–Trinajstić information content (AvgIpc) is 3.54. The number of fused-ring (bicyclic) bond motifs is 6. The first kappa shape index (κ1) is 26.0. The number of rotatable bonds is 4. The van der Waals surface area contributed by atoms with E-state index in [1.54, 1.807) is 11.3 Å². The standard InChI is InChI=1S/C48H30S/c1-2-15-32-30-33(29-28-31(32)14-1)34-16-3-5-18-36(34)46-39-20-7-9-22-41(39)47(42-23-10-8-21-40(42)46)37-19-6-4-17-35(37)38-25-13-27-45-48(38)43-24-11-12-26-44(43)49-45/h1-30H/i1D,12D. The maximum absolute atomic E-state index is 8.25. The minimum absolute atomic E-state index is 0.526. The number of hydrogen-bond acceptors (Lipinski definition) is 1. The zero-order chi connectivity index (χ0) is 34.1. The predicted octanol–water partition coefficient (Wildman–Crippen LogP) is 14.2. The van der Waals surface area contributed by atoms with Gasteiger partial charge in [0.25, 0.3) is 0 Å². The molecule has 1 aromatic heterocycles. The van der Waals surface area contributed by atoms with Crippen LogP contribution >= 0.6 is 11.3 Å². The molecule has 0 bridgehead atoms. The minimum atomic E-state index is 0.526. The Morgan fingerprint density at radius 3 is 1.61 bits per heavy atom. The van der Waals surface area contributed by atoms with Crippen molar-refractivity contribution in [3.05, 3.63) is 182 Å². The van der Waals surface area contributed by atoms with E-state index in [2.05, 4.69) is 140 Å². The van der Waals surface area contributed by atoms with E-state index in [0.717, 1.165) is 21.0 Å². The number of benzene rings is 9. The van der Waals surface area contributed by atoms with E-state index in [4.69, 9.17) is 2.74 Å². The molecule has 0 atom stereocenters. The van der Waals surface area contributed by atoms with Crippen LogP contribution in [0.2, 0.25) is 0 Å². The van der Waals surface area contributed by atoms with Gasteiger partial charge in [0.2, 0.25) is 0 Å². The second-order valence-corrected chi connectivity index (χ2v) is 13.7. The number of hydrogen-bond donors (Lipinski definition) is 0. The van der Waals surface area contributed by atoms with Crippen LogP contribution in [0.5, 0.6) is 0 Å². The van der Waals surface area contributed by atoms with Crippen molar-refractivity contribution < 1.29 is 2.74 Å². The van der Waals surface area contributed by atoms with Gasteiger partial charge < -0.3 is 0 Å². The van der Waals surface area contributed by atoms with Gasteiger partial charge in [-0.1, -0.05) is 164 Å². The molecule has 0 aliphatic heterocycles. The van der Waals surface area contributed by atoms with Crippen LogP contribution in [0.15, 0.2) is 182 Å². The highest BCUT2D eigenvalue weighted by Crippen LogP contribution is 2.49. The molecule has 1 heteroatoms. The van der Waals surface area contributed by atoms with Gasteiger partial charge >= 0.3 is 0 Å². The van der Waals surface area contributed by atoms with Crippen LogP contribution in [0.1, 0.15) is 2.74 Å². The third-order valence-corrected chi connectivity index (χ3v) is 11.1. The second kappa shape index (κ2) is 11.3. The van der Waals surface area contributed by atoms with E-state index in [9.17, 15) is 0 Å². The Morgan fingerprint density at radius 1 is 0.347 bits per heavy atom. The third kappa shape index (κ3) is 4.44. The smallest absolute Gasteiger partial charge is 0.0623 e. The largest absolute Gasteiger partial charge is 0.135 e. The monoisotopic (exact) mass is 640 g/mol. The van der Waals surface area contributed by atoms with Gasteiger partial charge in [-0.25, -0.2) is 0 Å². The highest BCUT2D eigenvalue weighted by atomic mass is 32.1. The van der Waals surface area contributed by atoms with Crippen molar-refractivity contribution in [1.29, 1.82) is 0 Å². The van der Waals surface area contributed by atoms with Crippen molar-refractivity contribution >= 4 is 63.8 Å². The predicted molar refractivity (Wildman–Crippen MR) is 214 cm³/mol. The van der Waals surface area contributed by atoms with Gasteiger partial charge in [0.15, 0.2) is 0 Å². The molecule has 0 aliphatic carbocycles. The zero-order valence-electron chi connectivity index (χ0n) is 28.6. The maximum Gasteiger partial charge on any atom is 0.0623 e. The van der Waals surface area contributed by atoms with Gasteiger partial charge in [0.1, 0.15) is 0 Å².